The second-order valence-corrected chi connectivity index (χ2v) is 10.2. The van der Waals surface area contributed by atoms with Crippen molar-refractivity contribution >= 4 is 22.6 Å². The van der Waals surface area contributed by atoms with E-state index in [0.29, 0.717) is 53.2 Å². The number of pyridine rings is 1. The van der Waals surface area contributed by atoms with Crippen LogP contribution in [0.15, 0.2) is 47.4 Å². The molecule has 0 unspecified atom stereocenters. The summed E-state index contributed by atoms with van der Waals surface area (Å²) < 4.78 is 13.9. The Labute approximate surface area is 219 Å². The molecule has 0 spiro atoms. The van der Waals surface area contributed by atoms with Crippen LogP contribution in [0.2, 0.25) is 0 Å². The number of anilines is 1. The number of hydrogen-bond acceptors (Lipinski definition) is 5. The van der Waals surface area contributed by atoms with Gasteiger partial charge in [-0.2, -0.15) is 0 Å². The summed E-state index contributed by atoms with van der Waals surface area (Å²) in [5.74, 6) is 0.258. The molecule has 1 fully saturated rings. The first-order valence-electron chi connectivity index (χ1n) is 13.2. The van der Waals surface area contributed by atoms with E-state index >= 15 is 0 Å². The van der Waals surface area contributed by atoms with Gasteiger partial charge in [-0.1, -0.05) is 12.1 Å². The van der Waals surface area contributed by atoms with E-state index in [1.807, 2.05) is 23.1 Å². The Bertz CT molecular complexity index is 1570. The number of carbonyl (C=O) groups excluding carboxylic acids is 1. The molecule has 9 heteroatoms. The Hall–Kier alpha value is -3.98. The molecule has 6 rings (SSSR count). The normalized spacial score (nSPS) is 15.5. The van der Waals surface area contributed by atoms with Crippen molar-refractivity contribution in [2.45, 2.75) is 32.7 Å². The maximum Gasteiger partial charge on any atom is 0.261 e. The molecule has 2 aromatic heterocycles. The van der Waals surface area contributed by atoms with Crippen LogP contribution < -0.4 is 10.9 Å². The molecule has 0 atom stereocenters. The molecule has 1 saturated heterocycles. The maximum atomic E-state index is 13.9. The number of aromatic amines is 2. The fourth-order valence-electron chi connectivity index (χ4n) is 5.56. The third-order valence-electron chi connectivity index (χ3n) is 7.76. The van der Waals surface area contributed by atoms with Gasteiger partial charge in [-0.15, -0.1) is 0 Å². The lowest BCUT2D eigenvalue weighted by molar-refractivity contribution is 0.0763. The van der Waals surface area contributed by atoms with Gasteiger partial charge in [0.05, 0.1) is 16.7 Å². The maximum absolute atomic E-state index is 13.9. The van der Waals surface area contributed by atoms with Crippen molar-refractivity contribution in [3.05, 3.63) is 81.0 Å². The van der Waals surface area contributed by atoms with Crippen molar-refractivity contribution in [2.75, 3.05) is 38.0 Å². The summed E-state index contributed by atoms with van der Waals surface area (Å²) in [6.45, 7) is 6.75. The van der Waals surface area contributed by atoms with Crippen molar-refractivity contribution < 1.29 is 9.18 Å². The largest absolute Gasteiger partial charge is 0.384 e. The number of nitrogens with zero attached hydrogens (tertiary/aromatic N) is 3. The smallest absolute Gasteiger partial charge is 0.261 e. The van der Waals surface area contributed by atoms with Gasteiger partial charge in [0.25, 0.3) is 11.5 Å². The number of benzene rings is 2. The van der Waals surface area contributed by atoms with Crippen molar-refractivity contribution in [3.8, 4) is 11.4 Å². The summed E-state index contributed by atoms with van der Waals surface area (Å²) in [7, 11) is 0. The molecule has 3 N–H and O–H groups in total. The summed E-state index contributed by atoms with van der Waals surface area (Å²) in [5, 5.41) is 3.32. The molecule has 38 heavy (non-hydrogen) atoms. The van der Waals surface area contributed by atoms with E-state index in [-0.39, 0.29) is 17.3 Å². The molecule has 196 valence electrons. The molecule has 0 bridgehead atoms. The highest BCUT2D eigenvalue weighted by Crippen LogP contribution is 2.30. The van der Waals surface area contributed by atoms with Crippen molar-refractivity contribution in [2.24, 2.45) is 0 Å². The monoisotopic (exact) mass is 514 g/mol. The quantitative estimate of drug-likeness (QED) is 0.329. The molecule has 1 amide bonds. The highest BCUT2D eigenvalue weighted by Gasteiger charge is 2.29. The first-order valence-corrected chi connectivity index (χ1v) is 13.2. The predicted octanol–water partition coefficient (Wildman–Crippen LogP) is 4.07. The molecular weight excluding hydrogens is 483 g/mol. The average Bonchev–Trinajstić information content (AvgIpc) is 3.63. The SMILES string of the molecule is Cc1c(F)cccc1CCNc1cc[nH]c(=O)c1-c1nc2cc3c(cc2[nH]1)CN(CCN1CCCC1)C3=O. The Morgan fingerprint density at radius 3 is 2.79 bits per heavy atom. The average molecular weight is 515 g/mol. The number of carbonyl (C=O) groups is 1. The molecule has 0 aliphatic carbocycles. The molecule has 0 saturated carbocycles. The summed E-state index contributed by atoms with van der Waals surface area (Å²) in [6, 6.07) is 10.7. The molecule has 2 aliphatic rings. The number of aromatic nitrogens is 3. The van der Waals surface area contributed by atoms with Gasteiger partial charge in [-0.05, 0) is 80.2 Å². The fraction of sp³-hybridized carbons (Fsp3) is 0.345. The zero-order chi connectivity index (χ0) is 26.2. The Kier molecular flexibility index (Phi) is 6.45. The fourth-order valence-corrected chi connectivity index (χ4v) is 5.56. The molecular formula is C29H31FN6O2. The van der Waals surface area contributed by atoms with E-state index < -0.39 is 0 Å². The highest BCUT2D eigenvalue weighted by atomic mass is 19.1. The minimum Gasteiger partial charge on any atom is -0.384 e. The molecule has 4 heterocycles. The van der Waals surface area contributed by atoms with E-state index in [1.165, 1.54) is 18.9 Å². The summed E-state index contributed by atoms with van der Waals surface area (Å²) >= 11 is 0. The highest BCUT2D eigenvalue weighted by molar-refractivity contribution is 6.02. The number of fused-ring (bicyclic) bond motifs is 2. The predicted molar refractivity (Wildman–Crippen MR) is 146 cm³/mol. The number of imidazole rings is 1. The van der Waals surface area contributed by atoms with Crippen LogP contribution in [0, 0.1) is 12.7 Å². The number of likely N-dealkylation sites (tertiary alicyclic amines) is 1. The van der Waals surface area contributed by atoms with Crippen molar-refractivity contribution in [1.29, 1.82) is 0 Å². The number of halogens is 1. The number of nitrogens with one attached hydrogen (secondary N) is 3. The lowest BCUT2D eigenvalue weighted by atomic mass is 10.1. The van der Waals surface area contributed by atoms with Crippen LogP contribution >= 0.6 is 0 Å². The van der Waals surface area contributed by atoms with Gasteiger partial charge in [0.1, 0.15) is 17.2 Å². The van der Waals surface area contributed by atoms with Crippen LogP contribution in [-0.4, -0.2) is 63.4 Å². The van der Waals surface area contributed by atoms with E-state index in [2.05, 4.69) is 20.2 Å². The third kappa shape index (κ3) is 4.58. The molecule has 2 aliphatic heterocycles. The molecule has 2 aromatic carbocycles. The van der Waals surface area contributed by atoms with Gasteiger partial charge >= 0.3 is 0 Å². The standard InChI is InChI=1S/C29H31FN6O2/c1-18-19(5-4-6-22(18)30)7-9-31-23-8-10-32-28(37)26(23)27-33-24-15-20-17-36(14-13-35-11-2-3-12-35)29(38)21(20)16-25(24)34-27/h4-6,8,10,15-16H,2-3,7,9,11-14,17H2,1H3,(H,33,34)(H2,31,32,37). The lowest BCUT2D eigenvalue weighted by Crippen LogP contribution is -2.33. The first kappa shape index (κ1) is 24.4. The zero-order valence-electron chi connectivity index (χ0n) is 21.4. The Balaban J connectivity index is 1.21. The lowest BCUT2D eigenvalue weighted by Gasteiger charge is -2.20. The van der Waals surface area contributed by atoms with Gasteiger partial charge < -0.3 is 25.1 Å². The second-order valence-electron chi connectivity index (χ2n) is 10.2. The molecule has 8 nitrogen and oxygen atoms in total. The Morgan fingerprint density at radius 1 is 1.11 bits per heavy atom. The van der Waals surface area contributed by atoms with E-state index in [9.17, 15) is 14.0 Å². The first-order chi connectivity index (χ1) is 18.5. The number of rotatable bonds is 8. The van der Waals surface area contributed by atoms with Gasteiger partial charge in [-0.25, -0.2) is 9.37 Å². The summed E-state index contributed by atoms with van der Waals surface area (Å²) in [4.78, 5) is 41.0. The number of hydrogen-bond donors (Lipinski definition) is 3. The van der Waals surface area contributed by atoms with Crippen molar-refractivity contribution in [1.82, 2.24) is 24.8 Å². The van der Waals surface area contributed by atoms with Crippen molar-refractivity contribution in [3.63, 3.8) is 0 Å². The third-order valence-corrected chi connectivity index (χ3v) is 7.76. The number of amides is 1. The van der Waals surface area contributed by atoms with Gasteiger partial charge in [0.2, 0.25) is 0 Å². The van der Waals surface area contributed by atoms with Crippen LogP contribution in [0.25, 0.3) is 22.4 Å². The van der Waals surface area contributed by atoms with Crippen LogP contribution in [0.1, 0.15) is 39.9 Å². The summed E-state index contributed by atoms with van der Waals surface area (Å²) in [5.41, 5.74) is 5.42. The Morgan fingerprint density at radius 2 is 1.95 bits per heavy atom. The van der Waals surface area contributed by atoms with Crippen LogP contribution in [0.3, 0.4) is 0 Å². The van der Waals surface area contributed by atoms with Crippen LogP contribution in [-0.2, 0) is 13.0 Å². The van der Waals surface area contributed by atoms with Gasteiger partial charge in [0, 0.05) is 37.9 Å². The topological polar surface area (TPSA) is 97.1 Å². The molecule has 0 radical (unpaired) electrons. The minimum absolute atomic E-state index is 0.0400. The number of H-pyrrole nitrogens is 2. The molecule has 4 aromatic rings. The van der Waals surface area contributed by atoms with Gasteiger partial charge in [-0.3, -0.25) is 9.59 Å². The zero-order valence-corrected chi connectivity index (χ0v) is 21.4. The minimum atomic E-state index is -0.271. The summed E-state index contributed by atoms with van der Waals surface area (Å²) in [6.07, 6.45) is 4.68. The van der Waals surface area contributed by atoms with E-state index in [1.54, 1.807) is 25.3 Å². The van der Waals surface area contributed by atoms with Crippen LogP contribution in [0.5, 0.6) is 0 Å². The van der Waals surface area contributed by atoms with E-state index in [4.69, 9.17) is 4.98 Å². The van der Waals surface area contributed by atoms with E-state index in [0.717, 1.165) is 42.8 Å². The van der Waals surface area contributed by atoms with Gasteiger partial charge in [0.15, 0.2) is 0 Å². The van der Waals surface area contributed by atoms with Crippen LogP contribution in [0.4, 0.5) is 10.1 Å². The second kappa shape index (κ2) is 10.1.